The smallest absolute Gasteiger partial charge is 0.251 e. The molecule has 0 bridgehead atoms. The lowest BCUT2D eigenvalue weighted by atomic mass is 10.0. The topological polar surface area (TPSA) is 29.1 Å². The van der Waals surface area contributed by atoms with Crippen LogP contribution < -0.4 is 5.32 Å². The Hall–Kier alpha value is -2.39. The Balaban J connectivity index is 1.70. The van der Waals surface area contributed by atoms with Gasteiger partial charge in [0, 0.05) is 10.0 Å². The highest BCUT2D eigenvalue weighted by molar-refractivity contribution is 9.10. The Kier molecular flexibility index (Phi) is 5.11. The maximum atomic E-state index is 12.3. The van der Waals surface area contributed by atoms with Gasteiger partial charge >= 0.3 is 0 Å². The lowest BCUT2D eigenvalue weighted by molar-refractivity contribution is 0.0940. The van der Waals surface area contributed by atoms with E-state index in [2.05, 4.69) is 57.6 Å². The van der Waals surface area contributed by atoms with Crippen LogP contribution in [0.4, 0.5) is 0 Å². The molecule has 2 nitrogen and oxygen atoms in total. The van der Waals surface area contributed by atoms with Gasteiger partial charge in [0.15, 0.2) is 0 Å². The standard InChI is InChI=1S/C21H18BrNO/c1-15(23-21(24)19-11-13-20(22)14-12-19)16-7-9-18(10-8-16)17-5-3-2-4-6-17/h2-15H,1H3,(H,23,24). The van der Waals surface area contributed by atoms with Crippen LogP contribution in [0.3, 0.4) is 0 Å². The first-order valence-electron chi connectivity index (χ1n) is 7.85. The summed E-state index contributed by atoms with van der Waals surface area (Å²) >= 11 is 3.38. The molecule has 0 aromatic heterocycles. The molecule has 24 heavy (non-hydrogen) atoms. The van der Waals surface area contributed by atoms with Crippen molar-refractivity contribution in [3.63, 3.8) is 0 Å². The lowest BCUT2D eigenvalue weighted by Crippen LogP contribution is -2.26. The van der Waals surface area contributed by atoms with Crippen molar-refractivity contribution in [3.8, 4) is 11.1 Å². The second-order valence-corrected chi connectivity index (χ2v) is 6.61. The molecule has 0 fully saturated rings. The summed E-state index contributed by atoms with van der Waals surface area (Å²) in [5, 5.41) is 3.04. The predicted molar refractivity (Wildman–Crippen MR) is 102 cm³/mol. The highest BCUT2D eigenvalue weighted by Gasteiger charge is 2.11. The number of carbonyl (C=O) groups is 1. The van der Waals surface area contributed by atoms with E-state index in [1.807, 2.05) is 49.4 Å². The molecule has 3 rings (SSSR count). The Bertz CT molecular complexity index is 811. The molecule has 0 heterocycles. The quantitative estimate of drug-likeness (QED) is 0.627. The van der Waals surface area contributed by atoms with Crippen LogP contribution in [0.1, 0.15) is 28.9 Å². The van der Waals surface area contributed by atoms with E-state index >= 15 is 0 Å². The van der Waals surface area contributed by atoms with Gasteiger partial charge in [-0.15, -0.1) is 0 Å². The zero-order valence-corrected chi connectivity index (χ0v) is 15.0. The van der Waals surface area contributed by atoms with Crippen LogP contribution in [0.25, 0.3) is 11.1 Å². The summed E-state index contributed by atoms with van der Waals surface area (Å²) < 4.78 is 0.962. The van der Waals surface area contributed by atoms with Crippen LogP contribution >= 0.6 is 15.9 Å². The van der Waals surface area contributed by atoms with Crippen molar-refractivity contribution in [2.24, 2.45) is 0 Å². The first-order valence-corrected chi connectivity index (χ1v) is 8.64. The second-order valence-electron chi connectivity index (χ2n) is 5.69. The number of rotatable bonds is 4. The fraction of sp³-hybridized carbons (Fsp3) is 0.0952. The lowest BCUT2D eigenvalue weighted by Gasteiger charge is -2.15. The van der Waals surface area contributed by atoms with E-state index in [0.717, 1.165) is 10.0 Å². The Morgan fingerprint density at radius 3 is 2.04 bits per heavy atom. The molecule has 1 N–H and O–H groups in total. The summed E-state index contributed by atoms with van der Waals surface area (Å²) in [6, 6.07) is 25.9. The van der Waals surface area contributed by atoms with Gasteiger partial charge in [0.1, 0.15) is 0 Å². The van der Waals surface area contributed by atoms with E-state index in [0.29, 0.717) is 5.56 Å². The van der Waals surface area contributed by atoms with Gasteiger partial charge in [0.25, 0.3) is 5.91 Å². The molecule has 3 aromatic rings. The largest absolute Gasteiger partial charge is 0.346 e. The van der Waals surface area contributed by atoms with E-state index in [1.165, 1.54) is 11.1 Å². The molecular weight excluding hydrogens is 362 g/mol. The number of carbonyl (C=O) groups excluding carboxylic acids is 1. The molecule has 0 radical (unpaired) electrons. The fourth-order valence-corrected chi connectivity index (χ4v) is 2.82. The average Bonchev–Trinajstić information content (AvgIpc) is 2.63. The first kappa shape index (κ1) is 16.5. The van der Waals surface area contributed by atoms with Crippen molar-refractivity contribution < 1.29 is 4.79 Å². The normalized spacial score (nSPS) is 11.8. The van der Waals surface area contributed by atoms with Gasteiger partial charge in [-0.25, -0.2) is 0 Å². The third-order valence-corrected chi connectivity index (χ3v) is 4.50. The average molecular weight is 380 g/mol. The third-order valence-electron chi connectivity index (χ3n) is 3.97. The van der Waals surface area contributed by atoms with E-state index in [9.17, 15) is 4.79 Å². The third kappa shape index (κ3) is 3.92. The summed E-state index contributed by atoms with van der Waals surface area (Å²) in [6.45, 7) is 1.99. The molecule has 0 spiro atoms. The van der Waals surface area contributed by atoms with E-state index in [-0.39, 0.29) is 11.9 Å². The van der Waals surface area contributed by atoms with Crippen molar-refractivity contribution in [2.75, 3.05) is 0 Å². The maximum absolute atomic E-state index is 12.3. The number of benzene rings is 3. The van der Waals surface area contributed by atoms with E-state index in [1.54, 1.807) is 0 Å². The van der Waals surface area contributed by atoms with Crippen LogP contribution in [0.15, 0.2) is 83.3 Å². The van der Waals surface area contributed by atoms with Gasteiger partial charge in [-0.2, -0.15) is 0 Å². The van der Waals surface area contributed by atoms with Crippen LogP contribution in [0.5, 0.6) is 0 Å². The monoisotopic (exact) mass is 379 g/mol. The molecule has 0 aliphatic carbocycles. The summed E-state index contributed by atoms with van der Waals surface area (Å²) in [5.74, 6) is -0.0675. The fourth-order valence-electron chi connectivity index (χ4n) is 2.56. The molecule has 0 aliphatic heterocycles. The van der Waals surface area contributed by atoms with E-state index < -0.39 is 0 Å². The molecule has 1 atom stereocenters. The molecular formula is C21H18BrNO. The van der Waals surface area contributed by atoms with Gasteiger partial charge < -0.3 is 5.32 Å². The van der Waals surface area contributed by atoms with Gasteiger partial charge in [0.05, 0.1) is 6.04 Å². The van der Waals surface area contributed by atoms with Gasteiger partial charge in [-0.3, -0.25) is 4.79 Å². The minimum Gasteiger partial charge on any atom is -0.346 e. The van der Waals surface area contributed by atoms with Crippen LogP contribution in [0.2, 0.25) is 0 Å². The van der Waals surface area contributed by atoms with Crippen molar-refractivity contribution >= 4 is 21.8 Å². The number of amides is 1. The number of nitrogens with one attached hydrogen (secondary N) is 1. The number of hydrogen-bond donors (Lipinski definition) is 1. The highest BCUT2D eigenvalue weighted by atomic mass is 79.9. The molecule has 3 heteroatoms. The highest BCUT2D eigenvalue weighted by Crippen LogP contribution is 2.22. The number of halogens is 1. The SMILES string of the molecule is CC(NC(=O)c1ccc(Br)cc1)c1ccc(-c2ccccc2)cc1. The van der Waals surface area contributed by atoms with Crippen molar-refractivity contribution in [1.82, 2.24) is 5.32 Å². The summed E-state index contributed by atoms with van der Waals surface area (Å²) in [7, 11) is 0. The van der Waals surface area contributed by atoms with Crippen LogP contribution in [0, 0.1) is 0 Å². The van der Waals surface area contributed by atoms with Crippen molar-refractivity contribution in [1.29, 1.82) is 0 Å². The minimum absolute atomic E-state index is 0.0500. The minimum atomic E-state index is -0.0675. The second kappa shape index (κ2) is 7.45. The van der Waals surface area contributed by atoms with Crippen LogP contribution in [-0.4, -0.2) is 5.91 Å². The predicted octanol–water partition coefficient (Wildman–Crippen LogP) is 5.61. The van der Waals surface area contributed by atoms with Crippen molar-refractivity contribution in [3.05, 3.63) is 94.5 Å². The maximum Gasteiger partial charge on any atom is 0.251 e. The Labute approximate surface area is 150 Å². The van der Waals surface area contributed by atoms with Gasteiger partial charge in [-0.1, -0.05) is 70.5 Å². The Morgan fingerprint density at radius 2 is 1.42 bits per heavy atom. The number of hydrogen-bond acceptors (Lipinski definition) is 1. The molecule has 3 aromatic carbocycles. The summed E-state index contributed by atoms with van der Waals surface area (Å²) in [4.78, 5) is 12.3. The van der Waals surface area contributed by atoms with E-state index in [4.69, 9.17) is 0 Å². The summed E-state index contributed by atoms with van der Waals surface area (Å²) in [6.07, 6.45) is 0. The van der Waals surface area contributed by atoms with Crippen LogP contribution in [-0.2, 0) is 0 Å². The van der Waals surface area contributed by atoms with Gasteiger partial charge in [-0.05, 0) is 47.9 Å². The van der Waals surface area contributed by atoms with Crippen molar-refractivity contribution in [2.45, 2.75) is 13.0 Å². The molecule has 0 aliphatic rings. The molecule has 0 saturated heterocycles. The molecule has 1 unspecified atom stereocenters. The molecule has 120 valence electrons. The zero-order valence-electron chi connectivity index (χ0n) is 13.4. The molecule has 1 amide bonds. The zero-order chi connectivity index (χ0) is 16.9. The first-order chi connectivity index (χ1) is 11.6. The summed E-state index contributed by atoms with van der Waals surface area (Å²) in [5.41, 5.74) is 4.10. The van der Waals surface area contributed by atoms with Gasteiger partial charge in [0.2, 0.25) is 0 Å². The molecule has 0 saturated carbocycles. The Morgan fingerprint density at radius 1 is 0.833 bits per heavy atom.